The molecule has 2 aliphatic rings. The van der Waals surface area contributed by atoms with E-state index in [9.17, 15) is 4.79 Å². The smallest absolute Gasteiger partial charge is 0.318 e. The van der Waals surface area contributed by atoms with Gasteiger partial charge in [0.05, 0.1) is 25.8 Å². The minimum Gasteiger partial charge on any atom is -0.346 e. The van der Waals surface area contributed by atoms with Gasteiger partial charge >= 0.3 is 6.03 Å². The van der Waals surface area contributed by atoms with E-state index in [-0.39, 0.29) is 12.1 Å². The number of rotatable bonds is 2. The van der Waals surface area contributed by atoms with Gasteiger partial charge in [-0.15, -0.1) is 0 Å². The molecule has 0 aromatic heterocycles. The lowest BCUT2D eigenvalue weighted by Gasteiger charge is -2.24. The highest BCUT2D eigenvalue weighted by Gasteiger charge is 2.44. The molecule has 1 spiro atoms. The molecular weight excluding hydrogens is 292 g/mol. The summed E-state index contributed by atoms with van der Waals surface area (Å²) in [6, 6.07) is 7.31. The minimum atomic E-state index is -0.573. The molecule has 1 atom stereocenters. The average molecular weight is 311 g/mol. The fourth-order valence-electron chi connectivity index (χ4n) is 2.80. The number of hydrogen-bond acceptors (Lipinski definition) is 3. The summed E-state index contributed by atoms with van der Waals surface area (Å²) in [6.45, 7) is 4.29. The Morgan fingerprint density at radius 2 is 2.19 bits per heavy atom. The number of nitrogens with zero attached hydrogens (tertiary/aromatic N) is 1. The molecule has 5 nitrogen and oxygen atoms in total. The highest BCUT2D eigenvalue weighted by atomic mass is 35.5. The SMILES string of the molecule is C[C@@H](NC(=O)N1CCC2(C1)OCCO2)c1cccc(Cl)c1. The molecule has 0 radical (unpaired) electrons. The van der Waals surface area contributed by atoms with E-state index in [2.05, 4.69) is 5.32 Å². The Hall–Kier alpha value is -1.30. The number of benzene rings is 1. The molecule has 6 heteroatoms. The summed E-state index contributed by atoms with van der Waals surface area (Å²) in [5.41, 5.74) is 0.984. The van der Waals surface area contributed by atoms with Crippen LogP contribution in [-0.4, -0.2) is 43.0 Å². The van der Waals surface area contributed by atoms with E-state index in [1.807, 2.05) is 31.2 Å². The largest absolute Gasteiger partial charge is 0.346 e. The summed E-state index contributed by atoms with van der Waals surface area (Å²) < 4.78 is 11.3. The van der Waals surface area contributed by atoms with Crippen molar-refractivity contribution < 1.29 is 14.3 Å². The van der Waals surface area contributed by atoms with Gasteiger partial charge in [0.1, 0.15) is 0 Å². The third-order valence-corrected chi connectivity index (χ3v) is 4.22. The quantitative estimate of drug-likeness (QED) is 0.913. The topological polar surface area (TPSA) is 50.8 Å². The van der Waals surface area contributed by atoms with Crippen molar-refractivity contribution >= 4 is 17.6 Å². The van der Waals surface area contributed by atoms with Crippen molar-refractivity contribution in [2.24, 2.45) is 0 Å². The average Bonchev–Trinajstić information content (AvgIpc) is 3.09. The molecule has 2 heterocycles. The predicted octanol–water partition coefficient (Wildman–Crippen LogP) is 2.56. The fourth-order valence-corrected chi connectivity index (χ4v) is 2.99. The maximum atomic E-state index is 12.3. The minimum absolute atomic E-state index is 0.0987. The van der Waals surface area contributed by atoms with Gasteiger partial charge < -0.3 is 19.7 Å². The molecule has 0 bridgehead atoms. The Balaban J connectivity index is 1.59. The molecule has 0 saturated carbocycles. The van der Waals surface area contributed by atoms with Gasteiger partial charge in [-0.3, -0.25) is 0 Å². The van der Waals surface area contributed by atoms with E-state index in [0.717, 1.165) is 12.0 Å². The zero-order chi connectivity index (χ0) is 14.9. The fraction of sp³-hybridized carbons (Fsp3) is 0.533. The number of ether oxygens (including phenoxy) is 2. The van der Waals surface area contributed by atoms with Crippen LogP contribution in [0.2, 0.25) is 5.02 Å². The number of halogens is 1. The van der Waals surface area contributed by atoms with Crippen molar-refractivity contribution in [3.63, 3.8) is 0 Å². The Morgan fingerprint density at radius 1 is 1.43 bits per heavy atom. The molecule has 1 aromatic carbocycles. The second-order valence-corrected chi connectivity index (χ2v) is 5.94. The zero-order valence-electron chi connectivity index (χ0n) is 12.0. The van der Waals surface area contributed by atoms with E-state index in [4.69, 9.17) is 21.1 Å². The molecule has 2 fully saturated rings. The summed E-state index contributed by atoms with van der Waals surface area (Å²) in [5.74, 6) is -0.573. The van der Waals surface area contributed by atoms with E-state index in [0.29, 0.717) is 31.3 Å². The van der Waals surface area contributed by atoms with Gasteiger partial charge in [-0.25, -0.2) is 4.79 Å². The van der Waals surface area contributed by atoms with Crippen LogP contribution in [0.25, 0.3) is 0 Å². The summed E-state index contributed by atoms with van der Waals surface area (Å²) in [4.78, 5) is 14.1. The van der Waals surface area contributed by atoms with Crippen LogP contribution < -0.4 is 5.32 Å². The van der Waals surface area contributed by atoms with Crippen LogP contribution in [0.1, 0.15) is 24.9 Å². The van der Waals surface area contributed by atoms with E-state index >= 15 is 0 Å². The van der Waals surface area contributed by atoms with Crippen molar-refractivity contribution in [3.8, 4) is 0 Å². The van der Waals surface area contributed by atoms with Crippen molar-refractivity contribution in [3.05, 3.63) is 34.9 Å². The zero-order valence-corrected chi connectivity index (χ0v) is 12.7. The Kier molecular flexibility index (Phi) is 4.06. The Labute approximate surface area is 129 Å². The molecular formula is C15H19ClN2O3. The van der Waals surface area contributed by atoms with Crippen LogP contribution in [0.4, 0.5) is 4.79 Å². The Bertz CT molecular complexity index is 531. The normalized spacial score (nSPS) is 21.7. The third kappa shape index (κ3) is 3.15. The van der Waals surface area contributed by atoms with Crippen LogP contribution in [0, 0.1) is 0 Å². The third-order valence-electron chi connectivity index (χ3n) is 3.98. The van der Waals surface area contributed by atoms with E-state index < -0.39 is 5.79 Å². The molecule has 0 aliphatic carbocycles. The Morgan fingerprint density at radius 3 is 2.90 bits per heavy atom. The maximum absolute atomic E-state index is 12.3. The van der Waals surface area contributed by atoms with E-state index in [1.54, 1.807) is 4.90 Å². The van der Waals surface area contributed by atoms with Gasteiger partial charge in [0, 0.05) is 18.0 Å². The van der Waals surface area contributed by atoms with Crippen LogP contribution in [0.5, 0.6) is 0 Å². The lowest BCUT2D eigenvalue weighted by atomic mass is 10.1. The molecule has 114 valence electrons. The molecule has 2 aliphatic heterocycles. The number of hydrogen-bond donors (Lipinski definition) is 1. The highest BCUT2D eigenvalue weighted by Crippen LogP contribution is 2.30. The molecule has 1 aromatic rings. The van der Waals surface area contributed by atoms with Gasteiger partial charge in [-0.2, -0.15) is 0 Å². The number of nitrogens with one attached hydrogen (secondary N) is 1. The molecule has 2 saturated heterocycles. The second kappa shape index (κ2) is 5.83. The van der Waals surface area contributed by atoms with Crippen LogP contribution in [0.3, 0.4) is 0 Å². The summed E-state index contributed by atoms with van der Waals surface area (Å²) in [6.07, 6.45) is 0.728. The predicted molar refractivity (Wildman–Crippen MR) is 79.2 cm³/mol. The number of carbonyl (C=O) groups is 1. The first-order valence-corrected chi connectivity index (χ1v) is 7.55. The van der Waals surface area contributed by atoms with Crippen LogP contribution >= 0.6 is 11.6 Å². The monoisotopic (exact) mass is 310 g/mol. The van der Waals surface area contributed by atoms with Gasteiger partial charge in [-0.05, 0) is 24.6 Å². The number of urea groups is 1. The summed E-state index contributed by atoms with van der Waals surface area (Å²) >= 11 is 5.98. The molecule has 3 rings (SSSR count). The number of carbonyl (C=O) groups excluding carboxylic acids is 1. The number of amides is 2. The van der Waals surface area contributed by atoms with Crippen molar-refractivity contribution in [1.29, 1.82) is 0 Å². The lowest BCUT2D eigenvalue weighted by molar-refractivity contribution is -0.143. The summed E-state index contributed by atoms with van der Waals surface area (Å²) in [7, 11) is 0. The van der Waals surface area contributed by atoms with Crippen LogP contribution in [-0.2, 0) is 9.47 Å². The first kappa shape index (κ1) is 14.6. The van der Waals surface area contributed by atoms with Crippen molar-refractivity contribution in [2.45, 2.75) is 25.2 Å². The summed E-state index contributed by atoms with van der Waals surface area (Å²) in [5, 5.41) is 3.66. The second-order valence-electron chi connectivity index (χ2n) is 5.51. The lowest BCUT2D eigenvalue weighted by Crippen LogP contribution is -2.42. The van der Waals surface area contributed by atoms with Crippen molar-refractivity contribution in [1.82, 2.24) is 10.2 Å². The van der Waals surface area contributed by atoms with Gasteiger partial charge in [0.15, 0.2) is 5.79 Å². The maximum Gasteiger partial charge on any atom is 0.318 e. The van der Waals surface area contributed by atoms with E-state index in [1.165, 1.54) is 0 Å². The first-order chi connectivity index (χ1) is 10.1. The van der Waals surface area contributed by atoms with Gasteiger partial charge in [0.2, 0.25) is 0 Å². The molecule has 0 unspecified atom stereocenters. The first-order valence-electron chi connectivity index (χ1n) is 7.17. The highest BCUT2D eigenvalue weighted by molar-refractivity contribution is 6.30. The van der Waals surface area contributed by atoms with Gasteiger partial charge in [0.25, 0.3) is 0 Å². The standard InChI is InChI=1S/C15H19ClN2O3/c1-11(12-3-2-4-13(16)9-12)17-14(19)18-6-5-15(10-18)20-7-8-21-15/h2-4,9,11H,5-8,10H2,1H3,(H,17,19)/t11-/m1/s1. The van der Waals surface area contributed by atoms with Crippen molar-refractivity contribution in [2.75, 3.05) is 26.3 Å². The molecule has 2 amide bonds. The van der Waals surface area contributed by atoms with Gasteiger partial charge in [-0.1, -0.05) is 23.7 Å². The molecule has 1 N–H and O–H groups in total. The molecule has 21 heavy (non-hydrogen) atoms. The number of likely N-dealkylation sites (tertiary alicyclic amines) is 1. The van der Waals surface area contributed by atoms with Crippen LogP contribution in [0.15, 0.2) is 24.3 Å².